The molecule has 8 heteroatoms. The third kappa shape index (κ3) is 7.93. The number of benzene rings is 1. The number of ether oxygens (including phenoxy) is 1. The zero-order valence-electron chi connectivity index (χ0n) is 18.5. The van der Waals surface area contributed by atoms with Crippen LogP contribution in [0.3, 0.4) is 0 Å². The van der Waals surface area contributed by atoms with Crippen LogP contribution in [0.25, 0.3) is 0 Å². The molecular weight excluding hydrogens is 396 g/mol. The largest absolute Gasteiger partial charge is 0.444 e. The van der Waals surface area contributed by atoms with Gasteiger partial charge in [0.05, 0.1) is 6.07 Å². The minimum absolute atomic E-state index is 0.0615. The summed E-state index contributed by atoms with van der Waals surface area (Å²) in [5.74, 6) is -0.862. The van der Waals surface area contributed by atoms with E-state index in [-0.39, 0.29) is 25.0 Å². The fourth-order valence-electron chi connectivity index (χ4n) is 3.60. The highest BCUT2D eigenvalue weighted by atomic mass is 16.6. The van der Waals surface area contributed by atoms with Gasteiger partial charge in [-0.25, -0.2) is 4.79 Å². The van der Waals surface area contributed by atoms with Gasteiger partial charge in [0.2, 0.25) is 11.8 Å². The van der Waals surface area contributed by atoms with Crippen LogP contribution in [0.1, 0.15) is 64.5 Å². The van der Waals surface area contributed by atoms with Gasteiger partial charge in [-0.15, -0.1) is 0 Å². The summed E-state index contributed by atoms with van der Waals surface area (Å²) >= 11 is 0. The summed E-state index contributed by atoms with van der Waals surface area (Å²) in [5, 5.41) is 14.8. The number of alkyl carbamates (subject to hydrolysis) is 1. The third-order valence-corrected chi connectivity index (χ3v) is 4.97. The lowest BCUT2D eigenvalue weighted by Gasteiger charge is -2.32. The van der Waals surface area contributed by atoms with Crippen LogP contribution in [0.5, 0.6) is 0 Å². The molecule has 0 spiro atoms. The molecule has 1 fully saturated rings. The fraction of sp³-hybridized carbons (Fsp3) is 0.565. The zero-order valence-corrected chi connectivity index (χ0v) is 18.5. The number of rotatable bonds is 7. The summed E-state index contributed by atoms with van der Waals surface area (Å²) in [6.45, 7) is 4.50. The Balaban J connectivity index is 2.18. The summed E-state index contributed by atoms with van der Waals surface area (Å²) in [5.41, 5.74) is -0.0944. The zero-order chi connectivity index (χ0) is 22.9. The van der Waals surface area contributed by atoms with Crippen molar-refractivity contribution in [2.24, 2.45) is 0 Å². The van der Waals surface area contributed by atoms with Crippen LogP contribution in [0.2, 0.25) is 0 Å². The average molecular weight is 429 g/mol. The van der Waals surface area contributed by atoms with Gasteiger partial charge < -0.3 is 20.3 Å². The highest BCUT2D eigenvalue weighted by Gasteiger charge is 2.33. The van der Waals surface area contributed by atoms with E-state index in [0.717, 1.165) is 32.1 Å². The van der Waals surface area contributed by atoms with E-state index in [0.29, 0.717) is 5.56 Å². The van der Waals surface area contributed by atoms with Gasteiger partial charge in [0.15, 0.2) is 0 Å². The van der Waals surface area contributed by atoms with Crippen molar-refractivity contribution < 1.29 is 19.1 Å². The van der Waals surface area contributed by atoms with Crippen molar-refractivity contribution in [2.45, 2.75) is 70.6 Å². The van der Waals surface area contributed by atoms with Gasteiger partial charge in [-0.05, 0) is 39.2 Å². The first kappa shape index (κ1) is 24.2. The summed E-state index contributed by atoms with van der Waals surface area (Å²) in [6.07, 6.45) is 4.34. The molecule has 3 amide bonds. The minimum atomic E-state index is -0.962. The number of amides is 3. The molecule has 2 N–H and O–H groups in total. The first-order valence-electron chi connectivity index (χ1n) is 10.7. The van der Waals surface area contributed by atoms with Gasteiger partial charge in [0, 0.05) is 6.04 Å². The predicted octanol–water partition coefficient (Wildman–Crippen LogP) is 3.05. The molecular formula is C23H32N4O4. The molecule has 1 unspecified atom stereocenters. The standard InChI is InChI=1S/C23H32N4O4/c1-23(2,3)31-22(30)25-16-19(28)27(15-14-24)20(17-10-6-4-7-11-17)21(29)26-18-12-8-5-9-13-18/h4,6-7,10-11,18,20H,5,8-9,12-13,15-16H2,1-3H3,(H,25,30)(H,26,29). The maximum atomic E-state index is 13.2. The Morgan fingerprint density at radius 3 is 2.39 bits per heavy atom. The van der Waals surface area contributed by atoms with Gasteiger partial charge >= 0.3 is 6.09 Å². The molecule has 8 nitrogen and oxygen atoms in total. The van der Waals surface area contributed by atoms with Crippen LogP contribution in [-0.2, 0) is 14.3 Å². The lowest BCUT2D eigenvalue weighted by atomic mass is 9.94. The van der Waals surface area contributed by atoms with E-state index in [1.165, 1.54) is 4.90 Å². The molecule has 31 heavy (non-hydrogen) atoms. The quantitative estimate of drug-likeness (QED) is 0.649. The summed E-state index contributed by atoms with van der Waals surface area (Å²) in [4.78, 5) is 39.3. The number of nitrogens with one attached hydrogen (secondary N) is 2. The maximum Gasteiger partial charge on any atom is 0.408 e. The van der Waals surface area contributed by atoms with Crippen molar-refractivity contribution in [1.82, 2.24) is 15.5 Å². The van der Waals surface area contributed by atoms with Crippen molar-refractivity contribution >= 4 is 17.9 Å². The molecule has 0 saturated heterocycles. The first-order chi connectivity index (χ1) is 14.7. The number of hydrogen-bond acceptors (Lipinski definition) is 5. The molecule has 1 atom stereocenters. The second-order valence-corrected chi connectivity index (χ2v) is 8.69. The van der Waals surface area contributed by atoms with Crippen molar-refractivity contribution in [2.75, 3.05) is 13.1 Å². The van der Waals surface area contributed by atoms with Gasteiger partial charge in [-0.1, -0.05) is 49.6 Å². The molecule has 1 saturated carbocycles. The van der Waals surface area contributed by atoms with E-state index in [1.807, 2.05) is 12.1 Å². The SMILES string of the molecule is CC(C)(C)OC(=O)NCC(=O)N(CC#N)C(C(=O)NC1CCCCC1)c1ccccc1. The topological polar surface area (TPSA) is 112 Å². The molecule has 0 radical (unpaired) electrons. The van der Waals surface area contributed by atoms with E-state index >= 15 is 0 Å². The van der Waals surface area contributed by atoms with Crippen LogP contribution in [0.4, 0.5) is 4.79 Å². The molecule has 0 aliphatic heterocycles. The molecule has 1 aromatic rings. The molecule has 1 aliphatic carbocycles. The second kappa shape index (κ2) is 11.3. The molecule has 2 rings (SSSR count). The van der Waals surface area contributed by atoms with Crippen molar-refractivity contribution in [1.29, 1.82) is 5.26 Å². The highest BCUT2D eigenvalue weighted by molar-refractivity contribution is 5.90. The van der Waals surface area contributed by atoms with E-state index < -0.39 is 23.6 Å². The van der Waals surface area contributed by atoms with Gasteiger partial charge in [0.1, 0.15) is 24.7 Å². The van der Waals surface area contributed by atoms with Gasteiger partial charge in [-0.3, -0.25) is 9.59 Å². The van der Waals surface area contributed by atoms with Crippen molar-refractivity contribution in [3.63, 3.8) is 0 Å². The Hall–Kier alpha value is -3.08. The molecule has 168 valence electrons. The highest BCUT2D eigenvalue weighted by Crippen LogP contribution is 2.24. The van der Waals surface area contributed by atoms with E-state index in [2.05, 4.69) is 10.6 Å². The van der Waals surface area contributed by atoms with Crippen molar-refractivity contribution in [3.05, 3.63) is 35.9 Å². The monoisotopic (exact) mass is 428 g/mol. The maximum absolute atomic E-state index is 13.2. The average Bonchev–Trinajstić information content (AvgIpc) is 2.72. The Morgan fingerprint density at radius 2 is 1.81 bits per heavy atom. The normalized spacial score (nSPS) is 15.3. The number of hydrogen-bond donors (Lipinski definition) is 2. The third-order valence-electron chi connectivity index (χ3n) is 4.97. The minimum Gasteiger partial charge on any atom is -0.444 e. The smallest absolute Gasteiger partial charge is 0.408 e. The van der Waals surface area contributed by atoms with Crippen LogP contribution >= 0.6 is 0 Å². The van der Waals surface area contributed by atoms with E-state index in [9.17, 15) is 19.6 Å². The summed E-state index contributed by atoms with van der Waals surface area (Å²) < 4.78 is 5.16. The summed E-state index contributed by atoms with van der Waals surface area (Å²) in [6, 6.07) is 9.96. The Bertz CT molecular complexity index is 792. The van der Waals surface area contributed by atoms with Crippen LogP contribution in [0.15, 0.2) is 30.3 Å². The fourth-order valence-corrected chi connectivity index (χ4v) is 3.60. The lowest BCUT2D eigenvalue weighted by Crippen LogP contribution is -2.49. The second-order valence-electron chi connectivity index (χ2n) is 8.69. The number of nitrogens with zero attached hydrogens (tertiary/aromatic N) is 2. The lowest BCUT2D eigenvalue weighted by molar-refractivity contribution is -0.139. The first-order valence-corrected chi connectivity index (χ1v) is 10.7. The van der Waals surface area contributed by atoms with Crippen molar-refractivity contribution in [3.8, 4) is 6.07 Å². The van der Waals surface area contributed by atoms with Gasteiger partial charge in [0.25, 0.3) is 0 Å². The molecule has 1 aliphatic rings. The molecule has 1 aromatic carbocycles. The summed E-state index contributed by atoms with van der Waals surface area (Å²) in [7, 11) is 0. The molecule has 0 heterocycles. The predicted molar refractivity (Wildman–Crippen MR) is 116 cm³/mol. The van der Waals surface area contributed by atoms with E-state index in [1.54, 1.807) is 45.0 Å². The Morgan fingerprint density at radius 1 is 1.16 bits per heavy atom. The number of nitriles is 1. The van der Waals surface area contributed by atoms with E-state index in [4.69, 9.17) is 4.74 Å². The Labute approximate surface area is 183 Å². The molecule has 0 bridgehead atoms. The van der Waals surface area contributed by atoms with Gasteiger partial charge in [-0.2, -0.15) is 5.26 Å². The number of carbonyl (C=O) groups is 3. The van der Waals surface area contributed by atoms with Crippen LogP contribution in [-0.4, -0.2) is 47.5 Å². The van der Waals surface area contributed by atoms with Crippen LogP contribution < -0.4 is 10.6 Å². The number of carbonyl (C=O) groups excluding carboxylic acids is 3. The molecule has 0 aromatic heterocycles. The Kier molecular flexibility index (Phi) is 8.86. The van der Waals surface area contributed by atoms with Crippen LogP contribution in [0, 0.1) is 11.3 Å².